The molecule has 1 saturated carbocycles. The number of ether oxygens (including phenoxy) is 1. The lowest BCUT2D eigenvalue weighted by Crippen LogP contribution is -2.58. The Kier molecular flexibility index (Phi) is 15.5. The molecule has 13 nitrogen and oxygen atoms in total. The molecule has 1 aromatic rings. The molecule has 13 heteroatoms. The van der Waals surface area contributed by atoms with Crippen LogP contribution >= 0.6 is 0 Å². The van der Waals surface area contributed by atoms with E-state index in [0.29, 0.717) is 24.6 Å². The predicted molar refractivity (Wildman–Crippen MR) is 170 cm³/mol. The molecule has 0 aromatic carbocycles. The number of aromatic nitrogens is 2. The van der Waals surface area contributed by atoms with Crippen LogP contribution in [0.2, 0.25) is 0 Å². The van der Waals surface area contributed by atoms with Gasteiger partial charge in [0.1, 0.15) is 17.7 Å². The highest BCUT2D eigenvalue weighted by molar-refractivity contribution is 5.93. The number of hydrogen-bond acceptors (Lipinski definition) is 8. The number of imidazole rings is 1. The Bertz CT molecular complexity index is 1100. The number of aliphatic hydroxyl groups excluding tert-OH is 2. The lowest BCUT2D eigenvalue weighted by atomic mass is 9.83. The second-order valence-corrected chi connectivity index (χ2v) is 13.4. The van der Waals surface area contributed by atoms with Gasteiger partial charge in [0, 0.05) is 36.9 Å². The fraction of sp³-hybridized carbons (Fsp3) is 0.719. The molecule has 0 radical (unpaired) electrons. The van der Waals surface area contributed by atoms with E-state index in [0.717, 1.165) is 38.5 Å². The van der Waals surface area contributed by atoms with Crippen LogP contribution in [0.3, 0.4) is 0 Å². The van der Waals surface area contributed by atoms with Crippen molar-refractivity contribution in [2.24, 2.45) is 11.8 Å². The van der Waals surface area contributed by atoms with Crippen molar-refractivity contribution in [3.05, 3.63) is 30.4 Å². The molecular formula is C32H54N6O7. The standard InChI is InChI=1S/C32H54N6O7/c1-20(2)12-13-34-28(41)21(3)14-27(40)24(15-22-10-8-7-9-11-22)36-29(42)25(16-23-17-33-19-35-23)37-30(43)26(18-39)38-31(44)45-32(4,5)6/h17,19-20,22,24-27,39-40H,3,7-16,18H2,1-2,4-6H3,(H,33,35)(H,34,41)(H,36,42)(H,37,43)(H,38,44)/t24-,25-,26-,27-/m0/s1. The highest BCUT2D eigenvalue weighted by atomic mass is 16.6. The molecule has 0 unspecified atom stereocenters. The number of aliphatic hydroxyl groups is 2. The molecule has 1 aliphatic carbocycles. The van der Waals surface area contributed by atoms with Crippen LogP contribution in [0.5, 0.6) is 0 Å². The molecule has 1 aliphatic rings. The van der Waals surface area contributed by atoms with Crippen molar-refractivity contribution in [3.8, 4) is 0 Å². The van der Waals surface area contributed by atoms with Gasteiger partial charge < -0.3 is 41.2 Å². The Labute approximate surface area is 266 Å². The van der Waals surface area contributed by atoms with Gasteiger partial charge in [-0.05, 0) is 45.4 Å². The van der Waals surface area contributed by atoms with Crippen LogP contribution < -0.4 is 21.3 Å². The number of aromatic amines is 1. The minimum absolute atomic E-state index is 0.0272. The van der Waals surface area contributed by atoms with Crippen LogP contribution in [0, 0.1) is 11.8 Å². The summed E-state index contributed by atoms with van der Waals surface area (Å²) < 4.78 is 5.19. The molecule has 1 heterocycles. The number of hydrogen-bond donors (Lipinski definition) is 7. The summed E-state index contributed by atoms with van der Waals surface area (Å²) in [5, 5.41) is 31.9. The van der Waals surface area contributed by atoms with Crippen LogP contribution in [-0.2, 0) is 25.5 Å². The van der Waals surface area contributed by atoms with Gasteiger partial charge in [-0.3, -0.25) is 14.4 Å². The Morgan fingerprint density at radius 2 is 1.73 bits per heavy atom. The maximum atomic E-state index is 13.8. The zero-order chi connectivity index (χ0) is 33.6. The first-order valence-electron chi connectivity index (χ1n) is 16.0. The van der Waals surface area contributed by atoms with Gasteiger partial charge in [-0.25, -0.2) is 9.78 Å². The second-order valence-electron chi connectivity index (χ2n) is 13.4. The van der Waals surface area contributed by atoms with Crippen LogP contribution in [0.1, 0.15) is 91.7 Å². The summed E-state index contributed by atoms with van der Waals surface area (Å²) in [6.07, 6.45) is 7.50. The number of carbonyl (C=O) groups excluding carboxylic acids is 4. The summed E-state index contributed by atoms with van der Waals surface area (Å²) in [5.74, 6) is -0.994. The largest absolute Gasteiger partial charge is 0.444 e. The van der Waals surface area contributed by atoms with Crippen LogP contribution in [0.4, 0.5) is 4.79 Å². The average Bonchev–Trinajstić information content (AvgIpc) is 3.47. The third kappa shape index (κ3) is 14.5. The van der Waals surface area contributed by atoms with Crippen LogP contribution in [0.25, 0.3) is 0 Å². The number of H-pyrrole nitrogens is 1. The van der Waals surface area contributed by atoms with Crippen molar-refractivity contribution >= 4 is 23.8 Å². The first-order valence-corrected chi connectivity index (χ1v) is 16.0. The van der Waals surface area contributed by atoms with Crippen LogP contribution in [-0.4, -0.2) is 87.0 Å². The fourth-order valence-electron chi connectivity index (χ4n) is 5.21. The number of carbonyl (C=O) groups is 4. The molecule has 45 heavy (non-hydrogen) atoms. The number of nitrogens with one attached hydrogen (secondary N) is 5. The monoisotopic (exact) mass is 634 g/mol. The van der Waals surface area contributed by atoms with E-state index in [2.05, 4.69) is 51.7 Å². The lowest BCUT2D eigenvalue weighted by molar-refractivity contribution is -0.131. The van der Waals surface area contributed by atoms with E-state index >= 15 is 0 Å². The van der Waals surface area contributed by atoms with Gasteiger partial charge in [-0.15, -0.1) is 0 Å². The Morgan fingerprint density at radius 3 is 2.31 bits per heavy atom. The highest BCUT2D eigenvalue weighted by Gasteiger charge is 2.32. The van der Waals surface area contributed by atoms with Gasteiger partial charge in [0.25, 0.3) is 0 Å². The molecule has 0 aliphatic heterocycles. The van der Waals surface area contributed by atoms with E-state index in [9.17, 15) is 29.4 Å². The summed E-state index contributed by atoms with van der Waals surface area (Å²) in [7, 11) is 0. The highest BCUT2D eigenvalue weighted by Crippen LogP contribution is 2.29. The van der Waals surface area contributed by atoms with E-state index in [1.807, 2.05) is 0 Å². The normalized spacial score (nSPS) is 16.6. The number of nitrogens with zero attached hydrogens (tertiary/aromatic N) is 1. The van der Waals surface area contributed by atoms with Crippen molar-refractivity contribution in [2.75, 3.05) is 13.2 Å². The van der Waals surface area contributed by atoms with E-state index < -0.39 is 54.3 Å². The Balaban J connectivity index is 2.19. The first kappa shape index (κ1) is 37.7. The van der Waals surface area contributed by atoms with Crippen molar-refractivity contribution < 1.29 is 34.1 Å². The number of alkyl carbamates (subject to hydrolysis) is 1. The van der Waals surface area contributed by atoms with Gasteiger partial charge in [0.05, 0.1) is 25.1 Å². The van der Waals surface area contributed by atoms with Gasteiger partial charge in [0.2, 0.25) is 17.7 Å². The molecule has 0 saturated heterocycles. The molecule has 2 rings (SSSR count). The molecule has 4 amide bonds. The average molecular weight is 635 g/mol. The summed E-state index contributed by atoms with van der Waals surface area (Å²) in [5.41, 5.74) is -0.0416. The van der Waals surface area contributed by atoms with Crippen molar-refractivity contribution in [3.63, 3.8) is 0 Å². The summed E-state index contributed by atoms with van der Waals surface area (Å²) in [6, 6.07) is -3.23. The van der Waals surface area contributed by atoms with E-state index in [4.69, 9.17) is 4.74 Å². The van der Waals surface area contributed by atoms with Gasteiger partial charge >= 0.3 is 6.09 Å². The SMILES string of the molecule is C=C(C[C@H](O)[C@H](CC1CCCCC1)NC(=O)[C@H](Cc1cnc[nH]1)NC(=O)[C@H](CO)NC(=O)OC(C)(C)C)C(=O)NCCC(C)C. The predicted octanol–water partition coefficient (Wildman–Crippen LogP) is 2.25. The van der Waals surface area contributed by atoms with E-state index in [1.54, 1.807) is 20.8 Å². The molecule has 4 atom stereocenters. The summed E-state index contributed by atoms with van der Waals surface area (Å²) in [4.78, 5) is 58.7. The lowest BCUT2D eigenvalue weighted by Gasteiger charge is -2.32. The minimum Gasteiger partial charge on any atom is -0.444 e. The van der Waals surface area contributed by atoms with Crippen molar-refractivity contribution in [2.45, 2.75) is 122 Å². The van der Waals surface area contributed by atoms with Crippen molar-refractivity contribution in [1.82, 2.24) is 31.2 Å². The molecule has 0 spiro atoms. The maximum absolute atomic E-state index is 13.8. The molecule has 0 bridgehead atoms. The minimum atomic E-state index is -1.38. The summed E-state index contributed by atoms with van der Waals surface area (Å²) in [6.45, 7) is 12.8. The van der Waals surface area contributed by atoms with Crippen molar-refractivity contribution in [1.29, 1.82) is 0 Å². The van der Waals surface area contributed by atoms with Gasteiger partial charge in [0.15, 0.2) is 0 Å². The Morgan fingerprint density at radius 1 is 1.07 bits per heavy atom. The third-order valence-electron chi connectivity index (χ3n) is 7.69. The van der Waals surface area contributed by atoms with Crippen LogP contribution in [0.15, 0.2) is 24.7 Å². The quantitative estimate of drug-likeness (QED) is 0.127. The van der Waals surface area contributed by atoms with E-state index in [1.165, 1.54) is 12.5 Å². The molecule has 1 aromatic heterocycles. The first-order chi connectivity index (χ1) is 21.2. The number of rotatable bonds is 17. The number of amides is 4. The van der Waals surface area contributed by atoms with E-state index in [-0.39, 0.29) is 30.2 Å². The Hall–Kier alpha value is -3.45. The molecule has 1 fully saturated rings. The molecular weight excluding hydrogens is 580 g/mol. The molecule has 7 N–H and O–H groups in total. The third-order valence-corrected chi connectivity index (χ3v) is 7.69. The summed E-state index contributed by atoms with van der Waals surface area (Å²) >= 11 is 0. The zero-order valence-corrected chi connectivity index (χ0v) is 27.5. The fourth-order valence-corrected chi connectivity index (χ4v) is 5.21. The smallest absolute Gasteiger partial charge is 0.408 e. The topological polar surface area (TPSA) is 195 Å². The van der Waals surface area contributed by atoms with Gasteiger partial charge in [-0.1, -0.05) is 52.5 Å². The van der Waals surface area contributed by atoms with Gasteiger partial charge in [-0.2, -0.15) is 0 Å². The maximum Gasteiger partial charge on any atom is 0.408 e. The zero-order valence-electron chi connectivity index (χ0n) is 27.5. The molecule has 254 valence electrons. The second kappa shape index (κ2) is 18.5.